The summed E-state index contributed by atoms with van der Waals surface area (Å²) in [5.74, 6) is 0. The zero-order valence-electron chi connectivity index (χ0n) is 10.4. The Morgan fingerprint density at radius 2 is 1.50 bits per heavy atom. The second-order valence-corrected chi connectivity index (χ2v) is 4.73. The standard InChI is InChI=1S/C10H13NS.C4H10/c12-10-5-3-9(4-6-10)11-7-1-2-8-11;1-3-4-2/h3-6,12H,1-2,7-8H2;3-4H2,1-2H3. The van der Waals surface area contributed by atoms with Crippen molar-refractivity contribution in [1.82, 2.24) is 0 Å². The van der Waals surface area contributed by atoms with Crippen LogP contribution in [0.25, 0.3) is 0 Å². The second-order valence-electron chi connectivity index (χ2n) is 4.21. The fourth-order valence-corrected chi connectivity index (χ4v) is 1.79. The van der Waals surface area contributed by atoms with E-state index in [1.807, 2.05) is 0 Å². The van der Waals surface area contributed by atoms with Crippen molar-refractivity contribution in [1.29, 1.82) is 0 Å². The monoisotopic (exact) mass is 237 g/mol. The van der Waals surface area contributed by atoms with Crippen LogP contribution in [0, 0.1) is 0 Å². The number of thiol groups is 1. The predicted molar refractivity (Wildman–Crippen MR) is 75.7 cm³/mol. The van der Waals surface area contributed by atoms with Crippen LogP contribution in [-0.4, -0.2) is 13.1 Å². The summed E-state index contributed by atoms with van der Waals surface area (Å²) in [6, 6.07) is 8.40. The molecule has 1 fully saturated rings. The van der Waals surface area contributed by atoms with Crippen molar-refractivity contribution in [3.8, 4) is 0 Å². The summed E-state index contributed by atoms with van der Waals surface area (Å²) in [4.78, 5) is 3.46. The lowest BCUT2D eigenvalue weighted by atomic mass is 10.3. The van der Waals surface area contributed by atoms with Gasteiger partial charge in [-0.15, -0.1) is 12.6 Å². The van der Waals surface area contributed by atoms with Crippen molar-refractivity contribution in [3.05, 3.63) is 24.3 Å². The summed E-state index contributed by atoms with van der Waals surface area (Å²) in [7, 11) is 0. The second kappa shape index (κ2) is 7.61. The third-order valence-corrected chi connectivity index (χ3v) is 3.12. The topological polar surface area (TPSA) is 3.24 Å². The summed E-state index contributed by atoms with van der Waals surface area (Å²) in [5.41, 5.74) is 1.34. The van der Waals surface area contributed by atoms with E-state index in [4.69, 9.17) is 0 Å². The molecule has 0 radical (unpaired) electrons. The Hall–Kier alpha value is -0.630. The maximum Gasteiger partial charge on any atom is 0.0366 e. The van der Waals surface area contributed by atoms with E-state index in [1.165, 1.54) is 44.5 Å². The number of hydrogen-bond acceptors (Lipinski definition) is 2. The molecule has 0 atom stereocenters. The van der Waals surface area contributed by atoms with Crippen LogP contribution in [0.1, 0.15) is 39.5 Å². The summed E-state index contributed by atoms with van der Waals surface area (Å²) >= 11 is 4.26. The van der Waals surface area contributed by atoms with Gasteiger partial charge in [0.1, 0.15) is 0 Å². The molecule has 1 aromatic carbocycles. The first-order valence-corrected chi connectivity index (χ1v) is 6.76. The van der Waals surface area contributed by atoms with Crippen molar-refractivity contribution in [2.24, 2.45) is 0 Å². The number of rotatable bonds is 2. The molecule has 0 bridgehead atoms. The smallest absolute Gasteiger partial charge is 0.0366 e. The van der Waals surface area contributed by atoms with E-state index in [2.05, 4.69) is 55.6 Å². The maximum absolute atomic E-state index is 4.26. The number of hydrogen-bond donors (Lipinski definition) is 1. The van der Waals surface area contributed by atoms with Crippen LogP contribution in [0.3, 0.4) is 0 Å². The van der Waals surface area contributed by atoms with Gasteiger partial charge < -0.3 is 4.90 Å². The molecule has 2 heteroatoms. The van der Waals surface area contributed by atoms with Crippen molar-refractivity contribution in [3.63, 3.8) is 0 Å². The van der Waals surface area contributed by atoms with Gasteiger partial charge >= 0.3 is 0 Å². The average Bonchev–Trinajstić information content (AvgIpc) is 2.84. The molecule has 0 aromatic heterocycles. The molecule has 1 heterocycles. The summed E-state index contributed by atoms with van der Waals surface area (Å²) in [6.07, 6.45) is 5.31. The van der Waals surface area contributed by atoms with Crippen LogP contribution in [0.5, 0.6) is 0 Å². The molecular formula is C14H23NS. The Balaban J connectivity index is 0.000000280. The molecule has 1 saturated heterocycles. The molecule has 2 rings (SSSR count). The highest BCUT2D eigenvalue weighted by atomic mass is 32.1. The van der Waals surface area contributed by atoms with E-state index in [-0.39, 0.29) is 0 Å². The minimum Gasteiger partial charge on any atom is -0.372 e. The number of anilines is 1. The predicted octanol–water partition coefficient (Wildman–Crippen LogP) is 4.38. The SMILES string of the molecule is CCCC.Sc1ccc(N2CCCC2)cc1. The first kappa shape index (κ1) is 13.4. The zero-order valence-corrected chi connectivity index (χ0v) is 11.3. The van der Waals surface area contributed by atoms with Gasteiger partial charge in [0, 0.05) is 23.7 Å². The van der Waals surface area contributed by atoms with E-state index in [1.54, 1.807) is 0 Å². The molecule has 1 nitrogen and oxygen atoms in total. The van der Waals surface area contributed by atoms with Crippen LogP contribution in [-0.2, 0) is 0 Å². The van der Waals surface area contributed by atoms with Crippen molar-refractivity contribution >= 4 is 18.3 Å². The molecule has 0 amide bonds. The Morgan fingerprint density at radius 1 is 1.00 bits per heavy atom. The van der Waals surface area contributed by atoms with Gasteiger partial charge in [-0.3, -0.25) is 0 Å². The molecule has 0 aliphatic carbocycles. The molecule has 90 valence electrons. The van der Waals surface area contributed by atoms with Gasteiger partial charge in [0.25, 0.3) is 0 Å². The van der Waals surface area contributed by atoms with E-state index in [9.17, 15) is 0 Å². The minimum atomic E-state index is 1.04. The Kier molecular flexibility index (Phi) is 6.39. The molecule has 1 aromatic rings. The van der Waals surface area contributed by atoms with Gasteiger partial charge in [-0.05, 0) is 37.1 Å². The molecule has 16 heavy (non-hydrogen) atoms. The van der Waals surface area contributed by atoms with Crippen molar-refractivity contribution in [2.45, 2.75) is 44.4 Å². The molecule has 0 spiro atoms. The van der Waals surface area contributed by atoms with Crippen LogP contribution in [0.15, 0.2) is 29.2 Å². The third-order valence-electron chi connectivity index (χ3n) is 2.82. The average molecular weight is 237 g/mol. The van der Waals surface area contributed by atoms with E-state index >= 15 is 0 Å². The Bertz CT molecular complexity index is 273. The highest BCUT2D eigenvalue weighted by Crippen LogP contribution is 2.21. The quantitative estimate of drug-likeness (QED) is 0.747. The minimum absolute atomic E-state index is 1.04. The van der Waals surface area contributed by atoms with Gasteiger partial charge in [-0.1, -0.05) is 26.7 Å². The van der Waals surface area contributed by atoms with Crippen LogP contribution in [0.2, 0.25) is 0 Å². The van der Waals surface area contributed by atoms with Gasteiger partial charge in [0.2, 0.25) is 0 Å². The number of nitrogens with zero attached hydrogens (tertiary/aromatic N) is 1. The molecule has 0 N–H and O–H groups in total. The molecular weight excluding hydrogens is 214 g/mol. The number of unbranched alkanes of at least 4 members (excludes halogenated alkanes) is 1. The molecule has 1 aliphatic rings. The fraction of sp³-hybridized carbons (Fsp3) is 0.571. The lowest BCUT2D eigenvalue weighted by Crippen LogP contribution is -2.17. The summed E-state index contributed by atoms with van der Waals surface area (Å²) < 4.78 is 0. The van der Waals surface area contributed by atoms with Gasteiger partial charge in [-0.2, -0.15) is 0 Å². The summed E-state index contributed by atoms with van der Waals surface area (Å²) in [6.45, 7) is 6.79. The lowest BCUT2D eigenvalue weighted by molar-refractivity contribution is 0.886. The first-order valence-electron chi connectivity index (χ1n) is 6.32. The van der Waals surface area contributed by atoms with Gasteiger partial charge in [-0.25, -0.2) is 0 Å². The van der Waals surface area contributed by atoms with Crippen LogP contribution in [0.4, 0.5) is 5.69 Å². The van der Waals surface area contributed by atoms with Gasteiger partial charge in [0.15, 0.2) is 0 Å². The maximum atomic E-state index is 4.26. The van der Waals surface area contributed by atoms with Crippen LogP contribution < -0.4 is 4.90 Å². The van der Waals surface area contributed by atoms with Crippen molar-refractivity contribution in [2.75, 3.05) is 18.0 Å². The summed E-state index contributed by atoms with van der Waals surface area (Å²) in [5, 5.41) is 0. The highest BCUT2D eigenvalue weighted by molar-refractivity contribution is 7.80. The fourth-order valence-electron chi connectivity index (χ4n) is 1.64. The third kappa shape index (κ3) is 4.48. The molecule has 0 saturated carbocycles. The van der Waals surface area contributed by atoms with E-state index in [0.717, 1.165) is 4.90 Å². The molecule has 0 unspecified atom stereocenters. The van der Waals surface area contributed by atoms with Crippen LogP contribution >= 0.6 is 12.6 Å². The highest BCUT2D eigenvalue weighted by Gasteiger charge is 2.11. The lowest BCUT2D eigenvalue weighted by Gasteiger charge is -2.17. The number of benzene rings is 1. The largest absolute Gasteiger partial charge is 0.372 e. The van der Waals surface area contributed by atoms with E-state index in [0.29, 0.717) is 0 Å². The van der Waals surface area contributed by atoms with Gasteiger partial charge in [0.05, 0.1) is 0 Å². The van der Waals surface area contributed by atoms with E-state index < -0.39 is 0 Å². The van der Waals surface area contributed by atoms with Crippen molar-refractivity contribution < 1.29 is 0 Å². The Labute approximate surface area is 105 Å². The Morgan fingerprint density at radius 3 is 1.94 bits per heavy atom. The molecule has 1 aliphatic heterocycles. The first-order chi connectivity index (χ1) is 7.77. The zero-order chi connectivity index (χ0) is 11.8. The normalized spacial score (nSPS) is 14.6.